The third-order valence-corrected chi connectivity index (χ3v) is 4.61. The van der Waals surface area contributed by atoms with Crippen LogP contribution in [-0.2, 0) is 24.3 Å². The van der Waals surface area contributed by atoms with Crippen LogP contribution < -0.4 is 14.8 Å². The molecule has 0 unspecified atom stereocenters. The normalized spacial score (nSPS) is 12.9. The average molecular weight is 412 g/mol. The van der Waals surface area contributed by atoms with Gasteiger partial charge in [0, 0.05) is 6.54 Å². The van der Waals surface area contributed by atoms with E-state index in [1.807, 2.05) is 0 Å². The average Bonchev–Trinajstić information content (AvgIpc) is 2.58. The van der Waals surface area contributed by atoms with Crippen molar-refractivity contribution in [2.45, 2.75) is 30.5 Å². The third-order valence-electron chi connectivity index (χ3n) is 3.13. The molecule has 0 spiro atoms. The molecule has 0 aliphatic rings. The van der Waals surface area contributed by atoms with E-state index in [2.05, 4.69) is 9.46 Å². The number of alkyl halides is 3. The highest BCUT2D eigenvalue weighted by Gasteiger charge is 2.29. The van der Waals surface area contributed by atoms with E-state index in [9.17, 15) is 31.2 Å². The van der Waals surface area contributed by atoms with Crippen LogP contribution in [0.5, 0.6) is 5.75 Å². The summed E-state index contributed by atoms with van der Waals surface area (Å²) >= 11 is 0. The van der Waals surface area contributed by atoms with Gasteiger partial charge in [-0.2, -0.15) is 13.2 Å². The zero-order valence-corrected chi connectivity index (χ0v) is 15.3. The molecule has 0 aliphatic carbocycles. The number of hydrogen-bond donors (Lipinski definition) is 2. The van der Waals surface area contributed by atoms with Crippen molar-refractivity contribution < 1.29 is 40.7 Å². The van der Waals surface area contributed by atoms with E-state index in [0.717, 1.165) is 6.92 Å². The number of rotatable bonds is 9. The van der Waals surface area contributed by atoms with Crippen molar-refractivity contribution in [2.24, 2.45) is 0 Å². The SMILES string of the molecule is COc1ccc(S(=O)(=O)NCCC(=O)O[C@@H](C)C(=O)NCC(F)(F)F)cc1. The zero-order valence-electron chi connectivity index (χ0n) is 14.5. The van der Waals surface area contributed by atoms with Gasteiger partial charge in [0.1, 0.15) is 12.3 Å². The molecule has 0 radical (unpaired) electrons. The zero-order chi connectivity index (χ0) is 20.7. The van der Waals surface area contributed by atoms with Crippen molar-refractivity contribution in [1.82, 2.24) is 10.0 Å². The molecule has 1 aromatic rings. The maximum atomic E-state index is 12.0. The molecule has 2 N–H and O–H groups in total. The number of hydrogen-bond acceptors (Lipinski definition) is 6. The van der Waals surface area contributed by atoms with Gasteiger partial charge in [0.2, 0.25) is 10.0 Å². The number of methoxy groups -OCH3 is 1. The molecular formula is C15H19F3N2O6S. The number of amides is 1. The number of halogens is 3. The van der Waals surface area contributed by atoms with E-state index >= 15 is 0 Å². The van der Waals surface area contributed by atoms with E-state index in [4.69, 9.17) is 4.74 Å². The van der Waals surface area contributed by atoms with Gasteiger partial charge >= 0.3 is 12.1 Å². The lowest BCUT2D eigenvalue weighted by atomic mass is 10.3. The summed E-state index contributed by atoms with van der Waals surface area (Å²) in [6, 6.07) is 5.52. The lowest BCUT2D eigenvalue weighted by Gasteiger charge is -2.14. The number of benzene rings is 1. The highest BCUT2D eigenvalue weighted by Crippen LogP contribution is 2.15. The summed E-state index contributed by atoms with van der Waals surface area (Å²) in [6.45, 7) is -0.759. The number of sulfonamides is 1. The molecule has 1 atom stereocenters. The van der Waals surface area contributed by atoms with Crippen LogP contribution in [0.2, 0.25) is 0 Å². The number of ether oxygens (including phenoxy) is 2. The molecule has 0 heterocycles. The highest BCUT2D eigenvalue weighted by molar-refractivity contribution is 7.89. The Labute approximate surface area is 154 Å². The topological polar surface area (TPSA) is 111 Å². The number of nitrogens with one attached hydrogen (secondary N) is 2. The largest absolute Gasteiger partial charge is 0.497 e. The van der Waals surface area contributed by atoms with Gasteiger partial charge in [-0.15, -0.1) is 0 Å². The van der Waals surface area contributed by atoms with Crippen molar-refractivity contribution in [2.75, 3.05) is 20.2 Å². The fourth-order valence-corrected chi connectivity index (χ4v) is 2.80. The predicted molar refractivity (Wildman–Crippen MR) is 87.4 cm³/mol. The quantitative estimate of drug-likeness (QED) is 0.585. The lowest BCUT2D eigenvalue weighted by Crippen LogP contribution is -2.41. The van der Waals surface area contributed by atoms with Crippen LogP contribution in [0.25, 0.3) is 0 Å². The third kappa shape index (κ3) is 8.26. The smallest absolute Gasteiger partial charge is 0.405 e. The van der Waals surface area contributed by atoms with Crippen molar-refractivity contribution in [1.29, 1.82) is 0 Å². The van der Waals surface area contributed by atoms with Gasteiger partial charge in [0.15, 0.2) is 6.10 Å². The molecule has 8 nitrogen and oxygen atoms in total. The van der Waals surface area contributed by atoms with Crippen LogP contribution in [0.15, 0.2) is 29.2 Å². The minimum atomic E-state index is -4.58. The van der Waals surface area contributed by atoms with Crippen molar-refractivity contribution >= 4 is 21.9 Å². The van der Waals surface area contributed by atoms with Gasteiger partial charge in [-0.05, 0) is 31.2 Å². The number of carbonyl (C=O) groups excluding carboxylic acids is 2. The lowest BCUT2D eigenvalue weighted by molar-refractivity contribution is -0.157. The Balaban J connectivity index is 2.44. The van der Waals surface area contributed by atoms with Crippen LogP contribution >= 0.6 is 0 Å². The van der Waals surface area contributed by atoms with E-state index in [1.165, 1.54) is 31.4 Å². The Morgan fingerprint density at radius 3 is 2.30 bits per heavy atom. The molecule has 0 fully saturated rings. The van der Waals surface area contributed by atoms with Crippen LogP contribution in [-0.4, -0.2) is 52.8 Å². The summed E-state index contributed by atoms with van der Waals surface area (Å²) in [5.41, 5.74) is 0. The standard InChI is InChI=1S/C15H19F3N2O6S/c1-10(14(22)19-9-15(16,17)18)26-13(21)7-8-20-27(23,24)12-5-3-11(25-2)4-6-12/h3-6,10,20H,7-9H2,1-2H3,(H,19,22)/t10-/m0/s1. The second-order valence-electron chi connectivity index (χ2n) is 5.29. The first-order chi connectivity index (χ1) is 12.4. The van der Waals surface area contributed by atoms with Gasteiger partial charge in [0.05, 0.1) is 18.4 Å². The Kier molecular flexibility index (Phi) is 8.03. The molecule has 0 saturated carbocycles. The summed E-state index contributed by atoms with van der Waals surface area (Å²) < 4.78 is 71.9. The minimum Gasteiger partial charge on any atom is -0.497 e. The van der Waals surface area contributed by atoms with Crippen LogP contribution in [0.3, 0.4) is 0 Å². The molecular weight excluding hydrogens is 393 g/mol. The van der Waals surface area contributed by atoms with Crippen LogP contribution in [0, 0.1) is 0 Å². The monoisotopic (exact) mass is 412 g/mol. The second-order valence-corrected chi connectivity index (χ2v) is 7.06. The molecule has 27 heavy (non-hydrogen) atoms. The summed E-state index contributed by atoms with van der Waals surface area (Å²) in [4.78, 5) is 22.9. The molecule has 152 valence electrons. The maximum absolute atomic E-state index is 12.0. The predicted octanol–water partition coefficient (Wildman–Crippen LogP) is 0.974. The summed E-state index contributed by atoms with van der Waals surface area (Å²) in [5.74, 6) is -1.59. The van der Waals surface area contributed by atoms with Gasteiger partial charge in [0.25, 0.3) is 5.91 Å². The second kappa shape index (κ2) is 9.55. The van der Waals surface area contributed by atoms with Gasteiger partial charge in [-0.3, -0.25) is 9.59 Å². The Morgan fingerprint density at radius 2 is 1.78 bits per heavy atom. The van der Waals surface area contributed by atoms with Gasteiger partial charge in [-0.25, -0.2) is 13.1 Å². The van der Waals surface area contributed by atoms with Crippen LogP contribution in [0.1, 0.15) is 13.3 Å². The van der Waals surface area contributed by atoms with Crippen LogP contribution in [0.4, 0.5) is 13.2 Å². The molecule has 0 bridgehead atoms. The van der Waals surface area contributed by atoms with Crippen molar-refractivity contribution in [3.8, 4) is 5.75 Å². The number of carbonyl (C=O) groups is 2. The first-order valence-electron chi connectivity index (χ1n) is 7.62. The Bertz CT molecular complexity index is 750. The Hall–Kier alpha value is -2.34. The fraction of sp³-hybridized carbons (Fsp3) is 0.467. The first kappa shape index (κ1) is 22.7. The summed E-state index contributed by atoms with van der Waals surface area (Å²) in [6.07, 6.45) is -6.44. The van der Waals surface area contributed by atoms with Crippen molar-refractivity contribution in [3.63, 3.8) is 0 Å². The Morgan fingerprint density at radius 1 is 1.19 bits per heavy atom. The van der Waals surface area contributed by atoms with E-state index in [1.54, 1.807) is 5.32 Å². The molecule has 12 heteroatoms. The minimum absolute atomic E-state index is 0.0448. The van der Waals surface area contributed by atoms with E-state index in [0.29, 0.717) is 5.75 Å². The number of esters is 1. The molecule has 1 aromatic carbocycles. The van der Waals surface area contributed by atoms with E-state index in [-0.39, 0.29) is 11.4 Å². The van der Waals surface area contributed by atoms with Gasteiger partial charge < -0.3 is 14.8 Å². The van der Waals surface area contributed by atoms with Gasteiger partial charge in [-0.1, -0.05) is 0 Å². The van der Waals surface area contributed by atoms with Crippen molar-refractivity contribution in [3.05, 3.63) is 24.3 Å². The maximum Gasteiger partial charge on any atom is 0.405 e. The highest BCUT2D eigenvalue weighted by atomic mass is 32.2. The first-order valence-corrected chi connectivity index (χ1v) is 9.10. The molecule has 1 rings (SSSR count). The molecule has 0 aliphatic heterocycles. The summed E-state index contributed by atoms with van der Waals surface area (Å²) in [5, 5.41) is 1.58. The molecule has 0 saturated heterocycles. The molecule has 1 amide bonds. The van der Waals surface area contributed by atoms with E-state index < -0.39 is 47.1 Å². The molecule has 0 aromatic heterocycles. The summed E-state index contributed by atoms with van der Waals surface area (Å²) in [7, 11) is -2.44. The fourth-order valence-electron chi connectivity index (χ4n) is 1.77.